The molecule has 2 heterocycles. The predicted molar refractivity (Wildman–Crippen MR) is 116 cm³/mol. The number of carbonyl (C=O) groups is 2. The first-order valence-corrected chi connectivity index (χ1v) is 10.2. The summed E-state index contributed by atoms with van der Waals surface area (Å²) < 4.78 is 5.21. The van der Waals surface area contributed by atoms with Crippen LogP contribution in [0.2, 0.25) is 0 Å². The van der Waals surface area contributed by atoms with Crippen molar-refractivity contribution < 1.29 is 14.0 Å². The van der Waals surface area contributed by atoms with E-state index in [1.54, 1.807) is 17.0 Å². The first-order chi connectivity index (χ1) is 14.6. The van der Waals surface area contributed by atoms with Gasteiger partial charge >= 0.3 is 0 Å². The average molecular weight is 403 g/mol. The van der Waals surface area contributed by atoms with E-state index in [0.29, 0.717) is 31.9 Å². The molecule has 0 aliphatic carbocycles. The normalized spacial score (nSPS) is 15.6. The van der Waals surface area contributed by atoms with E-state index in [9.17, 15) is 9.59 Å². The quantitative estimate of drug-likeness (QED) is 0.705. The van der Waals surface area contributed by atoms with Gasteiger partial charge in [0, 0.05) is 37.4 Å². The number of carbonyl (C=O) groups excluding carboxylic acids is 2. The van der Waals surface area contributed by atoms with Crippen molar-refractivity contribution in [3.63, 3.8) is 0 Å². The molecule has 4 rings (SSSR count). The lowest BCUT2D eigenvalue weighted by Crippen LogP contribution is -2.54. The molecule has 30 heavy (non-hydrogen) atoms. The van der Waals surface area contributed by atoms with Gasteiger partial charge in [0.05, 0.1) is 12.3 Å². The van der Waals surface area contributed by atoms with Crippen LogP contribution in [-0.4, -0.2) is 53.8 Å². The molecule has 1 N–H and O–H groups in total. The molecule has 0 unspecified atom stereocenters. The van der Waals surface area contributed by atoms with Gasteiger partial charge in [-0.05, 0) is 30.7 Å². The van der Waals surface area contributed by atoms with Gasteiger partial charge in [-0.2, -0.15) is 0 Å². The highest BCUT2D eigenvalue weighted by atomic mass is 16.3. The van der Waals surface area contributed by atoms with Crippen molar-refractivity contribution in [2.45, 2.75) is 13.0 Å². The van der Waals surface area contributed by atoms with Crippen molar-refractivity contribution in [2.24, 2.45) is 0 Å². The first kappa shape index (κ1) is 19.9. The molecule has 6 heteroatoms. The third-order valence-corrected chi connectivity index (χ3v) is 5.53. The summed E-state index contributed by atoms with van der Waals surface area (Å²) in [5.41, 5.74) is 2.85. The van der Waals surface area contributed by atoms with Gasteiger partial charge in [0.1, 0.15) is 0 Å². The molecule has 0 spiro atoms. The molecule has 1 aliphatic heterocycles. The fourth-order valence-corrected chi connectivity index (χ4v) is 3.73. The van der Waals surface area contributed by atoms with Crippen LogP contribution in [0.25, 0.3) is 11.1 Å². The smallest absolute Gasteiger partial charge is 0.289 e. The fraction of sp³-hybridized carbons (Fsp3) is 0.250. The Bertz CT molecular complexity index is 994. The fourth-order valence-electron chi connectivity index (χ4n) is 3.73. The number of amides is 2. The Kier molecular flexibility index (Phi) is 5.95. The standard InChI is InChI=1S/C24H25N3O3/c1-18(26-13-15-27(16-14-26)24(29)22-12-7-17-30-22)23(28)25-21-11-6-5-10-20(21)19-8-3-2-4-9-19/h2-12,17-18H,13-16H2,1H3,(H,25,28)/t18-/m1/s1. The highest BCUT2D eigenvalue weighted by Gasteiger charge is 2.29. The lowest BCUT2D eigenvalue weighted by molar-refractivity contribution is -0.121. The Morgan fingerprint density at radius 2 is 1.60 bits per heavy atom. The molecule has 1 fully saturated rings. The molecule has 2 amide bonds. The Balaban J connectivity index is 1.38. The summed E-state index contributed by atoms with van der Waals surface area (Å²) >= 11 is 0. The van der Waals surface area contributed by atoms with Crippen LogP contribution in [0.4, 0.5) is 5.69 Å². The third-order valence-electron chi connectivity index (χ3n) is 5.53. The van der Waals surface area contributed by atoms with E-state index in [2.05, 4.69) is 10.2 Å². The zero-order chi connectivity index (χ0) is 20.9. The Morgan fingerprint density at radius 1 is 0.900 bits per heavy atom. The molecule has 3 aromatic rings. The number of para-hydroxylation sites is 1. The minimum absolute atomic E-state index is 0.0517. The van der Waals surface area contributed by atoms with Crippen LogP contribution < -0.4 is 5.32 Å². The molecule has 0 radical (unpaired) electrons. The number of anilines is 1. The summed E-state index contributed by atoms with van der Waals surface area (Å²) in [6.07, 6.45) is 1.50. The summed E-state index contributed by atoms with van der Waals surface area (Å²) in [4.78, 5) is 29.2. The van der Waals surface area contributed by atoms with Gasteiger partial charge < -0.3 is 14.6 Å². The SMILES string of the molecule is C[C@H](C(=O)Nc1ccccc1-c1ccccc1)N1CCN(C(=O)c2ccco2)CC1. The van der Waals surface area contributed by atoms with Crippen LogP contribution >= 0.6 is 0 Å². The first-order valence-electron chi connectivity index (χ1n) is 10.2. The van der Waals surface area contributed by atoms with Crippen molar-refractivity contribution in [1.82, 2.24) is 9.80 Å². The van der Waals surface area contributed by atoms with Crippen LogP contribution in [-0.2, 0) is 4.79 Å². The van der Waals surface area contributed by atoms with Crippen molar-refractivity contribution in [3.05, 3.63) is 78.8 Å². The number of furan rings is 1. The molecule has 1 atom stereocenters. The van der Waals surface area contributed by atoms with Crippen molar-refractivity contribution >= 4 is 17.5 Å². The molecule has 1 aromatic heterocycles. The lowest BCUT2D eigenvalue weighted by atomic mass is 10.0. The number of nitrogens with one attached hydrogen (secondary N) is 1. The van der Waals surface area contributed by atoms with E-state index in [4.69, 9.17) is 4.42 Å². The Morgan fingerprint density at radius 3 is 2.30 bits per heavy atom. The average Bonchev–Trinajstić information content (AvgIpc) is 3.34. The number of hydrogen-bond acceptors (Lipinski definition) is 4. The lowest BCUT2D eigenvalue weighted by Gasteiger charge is -2.37. The maximum absolute atomic E-state index is 12.9. The monoisotopic (exact) mass is 403 g/mol. The highest BCUT2D eigenvalue weighted by molar-refractivity contribution is 5.98. The second-order valence-corrected chi connectivity index (χ2v) is 7.38. The number of nitrogens with zero attached hydrogens (tertiary/aromatic N) is 2. The number of rotatable bonds is 5. The van der Waals surface area contributed by atoms with Crippen LogP contribution in [0.15, 0.2) is 77.4 Å². The molecule has 6 nitrogen and oxygen atoms in total. The van der Waals surface area contributed by atoms with Gasteiger partial charge in [-0.3, -0.25) is 14.5 Å². The van der Waals surface area contributed by atoms with E-state index in [-0.39, 0.29) is 17.9 Å². The minimum Gasteiger partial charge on any atom is -0.459 e. The maximum Gasteiger partial charge on any atom is 0.289 e. The van der Waals surface area contributed by atoms with Crippen LogP contribution in [0.5, 0.6) is 0 Å². The second kappa shape index (κ2) is 8.97. The number of piperazine rings is 1. The second-order valence-electron chi connectivity index (χ2n) is 7.38. The molecular formula is C24H25N3O3. The van der Waals surface area contributed by atoms with Gasteiger partial charge in [-0.1, -0.05) is 48.5 Å². The summed E-state index contributed by atoms with van der Waals surface area (Å²) in [6, 6.07) is 20.9. The van der Waals surface area contributed by atoms with E-state index in [1.165, 1.54) is 6.26 Å². The van der Waals surface area contributed by atoms with E-state index >= 15 is 0 Å². The van der Waals surface area contributed by atoms with Gasteiger partial charge in [0.2, 0.25) is 5.91 Å². The maximum atomic E-state index is 12.9. The summed E-state index contributed by atoms with van der Waals surface area (Å²) in [7, 11) is 0. The van der Waals surface area contributed by atoms with Crippen LogP contribution in [0.3, 0.4) is 0 Å². The Hall–Kier alpha value is -3.38. The zero-order valence-electron chi connectivity index (χ0n) is 17.0. The molecule has 154 valence electrons. The van der Waals surface area contributed by atoms with Crippen molar-refractivity contribution in [1.29, 1.82) is 0 Å². The Labute approximate surface area is 176 Å². The van der Waals surface area contributed by atoms with Gasteiger partial charge in [-0.15, -0.1) is 0 Å². The van der Waals surface area contributed by atoms with Crippen molar-refractivity contribution in [2.75, 3.05) is 31.5 Å². The van der Waals surface area contributed by atoms with Crippen LogP contribution in [0.1, 0.15) is 17.5 Å². The largest absolute Gasteiger partial charge is 0.459 e. The molecule has 0 saturated carbocycles. The van der Waals surface area contributed by atoms with E-state index in [1.807, 2.05) is 61.5 Å². The summed E-state index contributed by atoms with van der Waals surface area (Å²) in [5.74, 6) is 0.199. The van der Waals surface area contributed by atoms with Gasteiger partial charge in [0.25, 0.3) is 5.91 Å². The summed E-state index contributed by atoms with van der Waals surface area (Å²) in [6.45, 7) is 4.32. The third kappa shape index (κ3) is 4.28. The van der Waals surface area contributed by atoms with Crippen LogP contribution in [0, 0.1) is 0 Å². The highest BCUT2D eigenvalue weighted by Crippen LogP contribution is 2.27. The number of hydrogen-bond donors (Lipinski definition) is 1. The topological polar surface area (TPSA) is 65.8 Å². The molecule has 0 bridgehead atoms. The molecular weight excluding hydrogens is 378 g/mol. The number of benzene rings is 2. The minimum atomic E-state index is -0.297. The van der Waals surface area contributed by atoms with Gasteiger partial charge in [-0.25, -0.2) is 0 Å². The van der Waals surface area contributed by atoms with Crippen molar-refractivity contribution in [3.8, 4) is 11.1 Å². The zero-order valence-corrected chi connectivity index (χ0v) is 17.0. The molecule has 1 saturated heterocycles. The summed E-state index contributed by atoms with van der Waals surface area (Å²) in [5, 5.41) is 3.09. The van der Waals surface area contributed by atoms with E-state index < -0.39 is 0 Å². The molecule has 1 aliphatic rings. The molecule has 2 aromatic carbocycles. The van der Waals surface area contributed by atoms with E-state index in [0.717, 1.165) is 16.8 Å². The van der Waals surface area contributed by atoms with Gasteiger partial charge in [0.15, 0.2) is 5.76 Å². The predicted octanol–water partition coefficient (Wildman–Crippen LogP) is 3.73.